The van der Waals surface area contributed by atoms with Crippen LogP contribution in [0.1, 0.15) is 31.1 Å². The summed E-state index contributed by atoms with van der Waals surface area (Å²) in [6.07, 6.45) is 0. The lowest BCUT2D eigenvalue weighted by molar-refractivity contribution is 0.0859. The van der Waals surface area contributed by atoms with Gasteiger partial charge in [-0.2, -0.15) is 0 Å². The summed E-state index contributed by atoms with van der Waals surface area (Å²) in [4.78, 5) is 13.5. The van der Waals surface area contributed by atoms with Gasteiger partial charge in [0.25, 0.3) is 0 Å². The lowest BCUT2D eigenvalue weighted by Crippen LogP contribution is -2.20. The Kier molecular flexibility index (Phi) is 3.16. The minimum absolute atomic E-state index is 0.196. The second-order valence-electron chi connectivity index (χ2n) is 5.10. The van der Waals surface area contributed by atoms with Crippen LogP contribution in [0.5, 0.6) is 0 Å². The summed E-state index contributed by atoms with van der Waals surface area (Å²) in [5.74, 6) is 0.196. The number of thiophene rings is 1. The van der Waals surface area contributed by atoms with Crippen LogP contribution >= 0.6 is 11.3 Å². The van der Waals surface area contributed by atoms with Crippen LogP contribution in [0.3, 0.4) is 0 Å². The predicted octanol–water partition coefficient (Wildman–Crippen LogP) is 4.64. The number of carbonyl (C=O) groups excluding carboxylic acids is 1. The number of hydrogen-bond acceptors (Lipinski definition) is 2. The molecule has 0 amide bonds. The fraction of sp³-hybridized carbons (Fsp3) is 0.267. The molecule has 0 spiro atoms. The maximum atomic E-state index is 12.4. The minimum atomic E-state index is -0.340. The first-order chi connectivity index (χ1) is 8.00. The Hall–Kier alpha value is -1.41. The van der Waals surface area contributed by atoms with E-state index in [9.17, 15) is 4.79 Å². The number of rotatable bonds is 2. The monoisotopic (exact) mass is 244 g/mol. The summed E-state index contributed by atoms with van der Waals surface area (Å²) >= 11 is 1.67. The molecule has 0 N–H and O–H groups in total. The van der Waals surface area contributed by atoms with E-state index in [1.54, 1.807) is 11.3 Å². The van der Waals surface area contributed by atoms with Crippen molar-refractivity contribution in [3.8, 4) is 10.4 Å². The van der Waals surface area contributed by atoms with E-state index in [1.807, 2.05) is 56.5 Å². The Morgan fingerprint density at radius 1 is 1.06 bits per heavy atom. The largest absolute Gasteiger partial charge is 0.294 e. The van der Waals surface area contributed by atoms with Gasteiger partial charge in [0.15, 0.2) is 5.78 Å². The molecule has 0 aliphatic rings. The zero-order valence-electron chi connectivity index (χ0n) is 10.4. The summed E-state index contributed by atoms with van der Waals surface area (Å²) in [6.45, 7) is 5.88. The summed E-state index contributed by atoms with van der Waals surface area (Å²) in [5.41, 5.74) is 1.53. The van der Waals surface area contributed by atoms with Crippen molar-refractivity contribution in [3.63, 3.8) is 0 Å². The minimum Gasteiger partial charge on any atom is -0.294 e. The van der Waals surface area contributed by atoms with Crippen LogP contribution in [0.4, 0.5) is 0 Å². The Balaban J connectivity index is 2.53. The second kappa shape index (κ2) is 4.46. The molecule has 1 nitrogen and oxygen atoms in total. The van der Waals surface area contributed by atoms with Crippen LogP contribution in [0, 0.1) is 5.41 Å². The first kappa shape index (κ1) is 12.1. The van der Waals surface area contributed by atoms with Gasteiger partial charge in [-0.3, -0.25) is 4.79 Å². The Bertz CT molecular complexity index is 518. The van der Waals surface area contributed by atoms with Crippen LogP contribution in [-0.2, 0) is 0 Å². The van der Waals surface area contributed by atoms with E-state index in [1.165, 1.54) is 0 Å². The van der Waals surface area contributed by atoms with E-state index >= 15 is 0 Å². The van der Waals surface area contributed by atoms with Gasteiger partial charge < -0.3 is 0 Å². The molecule has 2 rings (SSSR count). The third-order valence-electron chi connectivity index (χ3n) is 2.64. The number of ketones is 1. The first-order valence-corrected chi connectivity index (χ1v) is 6.56. The molecule has 0 atom stereocenters. The zero-order chi connectivity index (χ0) is 12.5. The van der Waals surface area contributed by atoms with E-state index in [-0.39, 0.29) is 11.2 Å². The first-order valence-electron chi connectivity index (χ1n) is 5.68. The van der Waals surface area contributed by atoms with E-state index < -0.39 is 0 Å². The fourth-order valence-corrected chi connectivity index (χ4v) is 2.50. The third kappa shape index (κ3) is 2.47. The normalized spacial score (nSPS) is 11.5. The molecule has 0 aliphatic heterocycles. The van der Waals surface area contributed by atoms with Gasteiger partial charge in [0.05, 0.1) is 0 Å². The van der Waals surface area contributed by atoms with Gasteiger partial charge in [-0.15, -0.1) is 11.3 Å². The Morgan fingerprint density at radius 2 is 1.76 bits per heavy atom. The molecule has 1 aromatic heterocycles. The Morgan fingerprint density at radius 3 is 2.35 bits per heavy atom. The molecule has 17 heavy (non-hydrogen) atoms. The van der Waals surface area contributed by atoms with Crippen molar-refractivity contribution < 1.29 is 4.79 Å². The zero-order valence-corrected chi connectivity index (χ0v) is 11.2. The van der Waals surface area contributed by atoms with E-state index in [0.717, 1.165) is 16.0 Å². The van der Waals surface area contributed by atoms with Gasteiger partial charge in [-0.25, -0.2) is 0 Å². The quantitative estimate of drug-likeness (QED) is 0.703. The molecular formula is C15H16OS. The smallest absolute Gasteiger partial charge is 0.168 e. The molecule has 2 aromatic rings. The highest BCUT2D eigenvalue weighted by Crippen LogP contribution is 2.31. The summed E-state index contributed by atoms with van der Waals surface area (Å²) in [6, 6.07) is 11.9. The average molecular weight is 244 g/mol. The van der Waals surface area contributed by atoms with Crippen LogP contribution in [0.2, 0.25) is 0 Å². The number of carbonyl (C=O) groups is 1. The second-order valence-corrected chi connectivity index (χ2v) is 6.05. The van der Waals surface area contributed by atoms with Crippen molar-refractivity contribution >= 4 is 17.1 Å². The molecule has 1 heterocycles. The number of benzene rings is 1. The molecule has 1 aromatic carbocycles. The van der Waals surface area contributed by atoms with E-state index in [2.05, 4.69) is 6.07 Å². The summed E-state index contributed by atoms with van der Waals surface area (Å²) in [5, 5.41) is 2.04. The van der Waals surface area contributed by atoms with Gasteiger partial charge in [-0.05, 0) is 11.4 Å². The van der Waals surface area contributed by atoms with Gasteiger partial charge >= 0.3 is 0 Å². The van der Waals surface area contributed by atoms with Gasteiger partial charge in [0.2, 0.25) is 0 Å². The number of hydrogen-bond donors (Lipinski definition) is 0. The fourth-order valence-electron chi connectivity index (χ4n) is 1.73. The molecule has 2 heteroatoms. The molecule has 0 saturated heterocycles. The van der Waals surface area contributed by atoms with E-state index in [4.69, 9.17) is 0 Å². The highest BCUT2D eigenvalue weighted by molar-refractivity contribution is 7.13. The maximum Gasteiger partial charge on any atom is 0.168 e. The van der Waals surface area contributed by atoms with Crippen LogP contribution in [-0.4, -0.2) is 5.78 Å². The molecule has 0 aliphatic carbocycles. The van der Waals surface area contributed by atoms with Crippen molar-refractivity contribution in [1.29, 1.82) is 0 Å². The van der Waals surface area contributed by atoms with Gasteiger partial charge in [0, 0.05) is 21.4 Å². The topological polar surface area (TPSA) is 17.1 Å². The van der Waals surface area contributed by atoms with Gasteiger partial charge in [-0.1, -0.05) is 51.1 Å². The maximum absolute atomic E-state index is 12.4. The lowest BCUT2D eigenvalue weighted by atomic mass is 9.84. The highest BCUT2D eigenvalue weighted by atomic mass is 32.1. The van der Waals surface area contributed by atoms with Crippen molar-refractivity contribution in [3.05, 3.63) is 47.3 Å². The third-order valence-corrected chi connectivity index (χ3v) is 3.54. The SMILES string of the molecule is CC(C)(C)C(=O)c1ccccc1-c1cccs1. The van der Waals surface area contributed by atoms with Crippen molar-refractivity contribution in [1.82, 2.24) is 0 Å². The summed E-state index contributed by atoms with van der Waals surface area (Å²) < 4.78 is 0. The van der Waals surface area contributed by atoms with Crippen LogP contribution in [0.15, 0.2) is 41.8 Å². The van der Waals surface area contributed by atoms with Crippen LogP contribution in [0.25, 0.3) is 10.4 Å². The highest BCUT2D eigenvalue weighted by Gasteiger charge is 2.25. The Labute approximate surface area is 106 Å². The molecule has 0 fully saturated rings. The molecule has 0 unspecified atom stereocenters. The van der Waals surface area contributed by atoms with Crippen molar-refractivity contribution in [2.45, 2.75) is 20.8 Å². The van der Waals surface area contributed by atoms with Crippen LogP contribution < -0.4 is 0 Å². The predicted molar refractivity (Wildman–Crippen MR) is 73.5 cm³/mol. The molecule has 88 valence electrons. The average Bonchev–Trinajstić information content (AvgIpc) is 2.80. The molecular weight excluding hydrogens is 228 g/mol. The van der Waals surface area contributed by atoms with Gasteiger partial charge in [0.1, 0.15) is 0 Å². The van der Waals surface area contributed by atoms with Crippen molar-refractivity contribution in [2.24, 2.45) is 5.41 Å². The lowest BCUT2D eigenvalue weighted by Gasteiger charge is -2.18. The molecule has 0 bridgehead atoms. The molecule has 0 radical (unpaired) electrons. The van der Waals surface area contributed by atoms with Crippen molar-refractivity contribution in [2.75, 3.05) is 0 Å². The number of Topliss-reactive ketones (excluding diaryl/α,β-unsaturated/α-hetero) is 1. The standard InChI is InChI=1S/C15H16OS/c1-15(2,3)14(16)12-8-5-4-7-11(12)13-9-6-10-17-13/h4-10H,1-3H3. The molecule has 0 saturated carbocycles. The van der Waals surface area contributed by atoms with E-state index in [0.29, 0.717) is 0 Å². The summed E-state index contributed by atoms with van der Waals surface area (Å²) in [7, 11) is 0.